The first-order chi connectivity index (χ1) is 12.2. The normalized spacial score (nSPS) is 10.9. The largest absolute Gasteiger partial charge is 0.357 e. The molecule has 2 rings (SSSR count). The van der Waals surface area contributed by atoms with Crippen LogP contribution in [0.1, 0.15) is 25.3 Å². The number of guanidine groups is 1. The van der Waals surface area contributed by atoms with Crippen LogP contribution in [0.15, 0.2) is 64.5 Å². The molecule has 6 heteroatoms. The first-order valence-corrected chi connectivity index (χ1v) is 8.89. The van der Waals surface area contributed by atoms with Crippen LogP contribution in [0.4, 0.5) is 0 Å². The van der Waals surface area contributed by atoms with E-state index in [0.717, 1.165) is 45.0 Å². The highest BCUT2D eigenvalue weighted by Crippen LogP contribution is 2.03. The number of aryl methyl sites for hydroxylation is 1. The number of aromatic nitrogens is 1. The number of pyridine rings is 1. The molecule has 2 aromatic rings. The Labute approximate surface area is 173 Å². The summed E-state index contributed by atoms with van der Waals surface area (Å²) in [7, 11) is 2.05. The molecule has 0 atom stereocenters. The minimum Gasteiger partial charge on any atom is -0.357 e. The van der Waals surface area contributed by atoms with E-state index >= 15 is 0 Å². The van der Waals surface area contributed by atoms with E-state index in [9.17, 15) is 4.79 Å². The van der Waals surface area contributed by atoms with Crippen molar-refractivity contribution >= 4 is 29.9 Å². The van der Waals surface area contributed by atoms with E-state index in [1.807, 2.05) is 18.3 Å². The Kier molecular flexibility index (Phi) is 10.7. The highest BCUT2D eigenvalue weighted by atomic mass is 127. The molecule has 1 aromatic carbocycles. The van der Waals surface area contributed by atoms with Gasteiger partial charge in [-0.1, -0.05) is 36.4 Å². The number of hydrogen-bond donors (Lipinski definition) is 1. The SMILES string of the molecule is CCNC(=NCCCCn1ccccc1=O)N(C)Cc1ccccc1.I. The number of hydrogen-bond acceptors (Lipinski definition) is 2. The van der Waals surface area contributed by atoms with E-state index in [-0.39, 0.29) is 29.5 Å². The third-order valence-corrected chi connectivity index (χ3v) is 3.93. The predicted molar refractivity (Wildman–Crippen MR) is 119 cm³/mol. The molecule has 1 aromatic heterocycles. The number of unbranched alkanes of at least 4 members (excludes halogenated alkanes) is 1. The maximum absolute atomic E-state index is 11.7. The van der Waals surface area contributed by atoms with Gasteiger partial charge in [-0.15, -0.1) is 24.0 Å². The fourth-order valence-electron chi connectivity index (χ4n) is 2.63. The van der Waals surface area contributed by atoms with E-state index < -0.39 is 0 Å². The second kappa shape index (κ2) is 12.5. The van der Waals surface area contributed by atoms with Crippen LogP contribution in [-0.4, -0.2) is 35.6 Å². The van der Waals surface area contributed by atoms with Crippen molar-refractivity contribution in [3.63, 3.8) is 0 Å². The quantitative estimate of drug-likeness (QED) is 0.280. The van der Waals surface area contributed by atoms with Crippen LogP contribution < -0.4 is 10.9 Å². The van der Waals surface area contributed by atoms with Crippen molar-refractivity contribution in [2.45, 2.75) is 32.9 Å². The van der Waals surface area contributed by atoms with Crippen molar-refractivity contribution in [3.05, 3.63) is 70.6 Å². The molecule has 0 saturated heterocycles. The van der Waals surface area contributed by atoms with Crippen molar-refractivity contribution in [3.8, 4) is 0 Å². The molecule has 5 nitrogen and oxygen atoms in total. The Morgan fingerprint density at radius 1 is 1.12 bits per heavy atom. The van der Waals surface area contributed by atoms with Crippen molar-refractivity contribution in [2.75, 3.05) is 20.1 Å². The van der Waals surface area contributed by atoms with Gasteiger partial charge in [0.1, 0.15) is 0 Å². The minimum absolute atomic E-state index is 0. The van der Waals surface area contributed by atoms with Gasteiger partial charge in [-0.05, 0) is 31.4 Å². The molecule has 0 unspecified atom stereocenters. The topological polar surface area (TPSA) is 49.6 Å². The fourth-order valence-corrected chi connectivity index (χ4v) is 2.63. The van der Waals surface area contributed by atoms with Gasteiger partial charge in [-0.3, -0.25) is 9.79 Å². The van der Waals surface area contributed by atoms with Crippen LogP contribution in [0.2, 0.25) is 0 Å². The average molecular weight is 468 g/mol. The summed E-state index contributed by atoms with van der Waals surface area (Å²) in [5, 5.41) is 3.34. The molecule has 0 saturated carbocycles. The highest BCUT2D eigenvalue weighted by Gasteiger charge is 2.05. The first kappa shape index (κ1) is 22.2. The van der Waals surface area contributed by atoms with Gasteiger partial charge < -0.3 is 14.8 Å². The Morgan fingerprint density at radius 2 is 1.85 bits per heavy atom. The zero-order chi connectivity index (χ0) is 17.9. The molecule has 26 heavy (non-hydrogen) atoms. The smallest absolute Gasteiger partial charge is 0.250 e. The Morgan fingerprint density at radius 3 is 2.54 bits per heavy atom. The third kappa shape index (κ3) is 7.59. The summed E-state index contributed by atoms with van der Waals surface area (Å²) in [5.41, 5.74) is 1.32. The maximum Gasteiger partial charge on any atom is 0.250 e. The van der Waals surface area contributed by atoms with Crippen molar-refractivity contribution in [1.29, 1.82) is 0 Å². The number of halogens is 1. The van der Waals surface area contributed by atoms with Gasteiger partial charge in [0.2, 0.25) is 5.56 Å². The van der Waals surface area contributed by atoms with E-state index in [1.165, 1.54) is 5.56 Å². The van der Waals surface area contributed by atoms with Gasteiger partial charge in [0, 0.05) is 45.5 Å². The third-order valence-electron chi connectivity index (χ3n) is 3.93. The fraction of sp³-hybridized carbons (Fsp3) is 0.400. The number of nitrogens with zero attached hydrogens (tertiary/aromatic N) is 3. The molecule has 1 N–H and O–H groups in total. The summed E-state index contributed by atoms with van der Waals surface area (Å²) in [6.07, 6.45) is 3.73. The molecular formula is C20H29IN4O. The zero-order valence-electron chi connectivity index (χ0n) is 15.6. The van der Waals surface area contributed by atoms with Gasteiger partial charge in [-0.2, -0.15) is 0 Å². The minimum atomic E-state index is 0. The predicted octanol–water partition coefficient (Wildman–Crippen LogP) is 3.34. The average Bonchev–Trinajstić information content (AvgIpc) is 2.63. The molecular weight excluding hydrogens is 439 g/mol. The molecule has 1 heterocycles. The summed E-state index contributed by atoms with van der Waals surface area (Å²) in [6, 6.07) is 15.6. The van der Waals surface area contributed by atoms with Crippen LogP contribution >= 0.6 is 24.0 Å². The van der Waals surface area contributed by atoms with E-state index in [1.54, 1.807) is 16.7 Å². The zero-order valence-corrected chi connectivity index (χ0v) is 17.9. The molecule has 0 fully saturated rings. The molecule has 0 radical (unpaired) electrons. The molecule has 0 aliphatic heterocycles. The lowest BCUT2D eigenvalue weighted by Crippen LogP contribution is -2.38. The van der Waals surface area contributed by atoms with Gasteiger partial charge in [-0.25, -0.2) is 0 Å². The lowest BCUT2D eigenvalue weighted by atomic mass is 10.2. The maximum atomic E-state index is 11.7. The van der Waals surface area contributed by atoms with Crippen molar-refractivity contribution in [1.82, 2.24) is 14.8 Å². The highest BCUT2D eigenvalue weighted by molar-refractivity contribution is 14.0. The van der Waals surface area contributed by atoms with E-state index in [2.05, 4.69) is 48.5 Å². The molecule has 0 bridgehead atoms. The Hall–Kier alpha value is -1.83. The van der Waals surface area contributed by atoms with Gasteiger partial charge in [0.05, 0.1) is 0 Å². The first-order valence-electron chi connectivity index (χ1n) is 8.89. The lowest BCUT2D eigenvalue weighted by Gasteiger charge is -2.22. The molecule has 0 spiro atoms. The molecule has 0 aliphatic carbocycles. The lowest BCUT2D eigenvalue weighted by molar-refractivity contribution is 0.475. The van der Waals surface area contributed by atoms with Crippen LogP contribution in [-0.2, 0) is 13.1 Å². The van der Waals surface area contributed by atoms with Crippen molar-refractivity contribution in [2.24, 2.45) is 4.99 Å². The summed E-state index contributed by atoms with van der Waals surface area (Å²) in [6.45, 7) is 5.24. The molecule has 0 amide bonds. The van der Waals surface area contributed by atoms with Crippen LogP contribution in [0.25, 0.3) is 0 Å². The second-order valence-electron chi connectivity index (χ2n) is 6.02. The summed E-state index contributed by atoms with van der Waals surface area (Å²) in [5.74, 6) is 0.920. The summed E-state index contributed by atoms with van der Waals surface area (Å²) >= 11 is 0. The Balaban J connectivity index is 0.00000338. The van der Waals surface area contributed by atoms with E-state index in [4.69, 9.17) is 4.99 Å². The van der Waals surface area contributed by atoms with Crippen LogP contribution in [0.5, 0.6) is 0 Å². The number of benzene rings is 1. The number of rotatable bonds is 8. The van der Waals surface area contributed by atoms with Gasteiger partial charge in [0.25, 0.3) is 0 Å². The Bertz CT molecular complexity index is 715. The van der Waals surface area contributed by atoms with Crippen LogP contribution in [0, 0.1) is 0 Å². The van der Waals surface area contributed by atoms with E-state index in [0.29, 0.717) is 0 Å². The van der Waals surface area contributed by atoms with Crippen molar-refractivity contribution < 1.29 is 0 Å². The van der Waals surface area contributed by atoms with Crippen LogP contribution in [0.3, 0.4) is 0 Å². The second-order valence-corrected chi connectivity index (χ2v) is 6.02. The van der Waals surface area contributed by atoms with Gasteiger partial charge >= 0.3 is 0 Å². The summed E-state index contributed by atoms with van der Waals surface area (Å²) in [4.78, 5) is 18.5. The van der Waals surface area contributed by atoms with Gasteiger partial charge in [0.15, 0.2) is 5.96 Å². The molecule has 142 valence electrons. The number of aliphatic imine (C=N–C) groups is 1. The monoisotopic (exact) mass is 468 g/mol. The number of nitrogens with one attached hydrogen (secondary N) is 1. The summed E-state index contributed by atoms with van der Waals surface area (Å²) < 4.78 is 1.75. The molecule has 0 aliphatic rings. The standard InChI is InChI=1S/C20H28N4O.HI/c1-3-21-20(23(2)17-18-11-5-4-6-12-18)22-14-8-10-16-24-15-9-7-13-19(24)25;/h4-7,9,11-13,15H,3,8,10,14,16-17H2,1-2H3,(H,21,22);1H.